The second kappa shape index (κ2) is 9.48. The third-order valence-corrected chi connectivity index (χ3v) is 4.52. The quantitative estimate of drug-likeness (QED) is 0.770. The van der Waals surface area contributed by atoms with Crippen molar-refractivity contribution < 1.29 is 18.7 Å². The molecular formula is C19H20ClFN4O3. The minimum absolute atomic E-state index is 0.0199. The zero-order valence-corrected chi connectivity index (χ0v) is 15.8. The van der Waals surface area contributed by atoms with E-state index >= 15 is 0 Å². The first-order chi connectivity index (χ1) is 13.5. The Morgan fingerprint density at radius 1 is 1.21 bits per heavy atom. The molecule has 1 fully saturated rings. The van der Waals surface area contributed by atoms with Gasteiger partial charge in [-0.1, -0.05) is 11.6 Å². The second-order valence-corrected chi connectivity index (χ2v) is 6.59. The molecule has 0 atom stereocenters. The second-order valence-electron chi connectivity index (χ2n) is 6.18. The van der Waals surface area contributed by atoms with E-state index in [0.29, 0.717) is 19.0 Å². The van der Waals surface area contributed by atoms with Gasteiger partial charge in [0.2, 0.25) is 5.91 Å². The average Bonchev–Trinajstić information content (AvgIpc) is 2.69. The Kier molecular flexibility index (Phi) is 6.78. The normalized spacial score (nSPS) is 13.9. The zero-order chi connectivity index (χ0) is 19.9. The minimum atomic E-state index is -0.520. The topological polar surface area (TPSA) is 83.6 Å². The van der Waals surface area contributed by atoms with Crippen molar-refractivity contribution in [1.82, 2.24) is 10.3 Å². The summed E-state index contributed by atoms with van der Waals surface area (Å²) in [5.74, 6) is -0.828. The van der Waals surface area contributed by atoms with Crippen molar-refractivity contribution in [1.29, 1.82) is 0 Å². The van der Waals surface area contributed by atoms with Crippen LogP contribution in [0.2, 0.25) is 5.02 Å². The number of nitrogens with zero attached hydrogens (tertiary/aromatic N) is 2. The molecule has 2 aromatic rings. The van der Waals surface area contributed by atoms with E-state index in [2.05, 4.69) is 20.5 Å². The number of pyridine rings is 1. The summed E-state index contributed by atoms with van der Waals surface area (Å²) in [7, 11) is 0. The highest BCUT2D eigenvalue weighted by Gasteiger charge is 2.13. The molecule has 0 saturated carbocycles. The number of benzene rings is 1. The van der Waals surface area contributed by atoms with Crippen molar-refractivity contribution in [2.75, 3.05) is 43.1 Å². The number of amides is 2. The van der Waals surface area contributed by atoms with E-state index in [-0.39, 0.29) is 29.5 Å². The van der Waals surface area contributed by atoms with Gasteiger partial charge in [-0.05, 0) is 30.3 Å². The third-order valence-electron chi connectivity index (χ3n) is 4.20. The molecule has 7 nitrogen and oxygen atoms in total. The number of hydrogen-bond acceptors (Lipinski definition) is 5. The van der Waals surface area contributed by atoms with E-state index in [1.807, 2.05) is 6.07 Å². The Labute approximate surface area is 166 Å². The first-order valence-corrected chi connectivity index (χ1v) is 9.22. The van der Waals surface area contributed by atoms with Crippen molar-refractivity contribution in [2.24, 2.45) is 0 Å². The number of aromatic nitrogens is 1. The Bertz CT molecular complexity index is 842. The first-order valence-electron chi connectivity index (χ1n) is 8.85. The maximum Gasteiger partial charge on any atom is 0.252 e. The van der Waals surface area contributed by atoms with E-state index in [1.165, 1.54) is 6.07 Å². The van der Waals surface area contributed by atoms with Gasteiger partial charge in [0, 0.05) is 26.1 Å². The van der Waals surface area contributed by atoms with Crippen LogP contribution in [0.1, 0.15) is 16.8 Å². The van der Waals surface area contributed by atoms with Crippen LogP contribution in [0.15, 0.2) is 36.5 Å². The molecule has 2 heterocycles. The van der Waals surface area contributed by atoms with Crippen LogP contribution in [0.4, 0.5) is 15.9 Å². The molecule has 1 aliphatic rings. The predicted molar refractivity (Wildman–Crippen MR) is 104 cm³/mol. The molecule has 2 amide bonds. The molecule has 0 radical (unpaired) electrons. The van der Waals surface area contributed by atoms with Crippen LogP contribution in [0.3, 0.4) is 0 Å². The molecule has 28 heavy (non-hydrogen) atoms. The molecule has 1 aromatic heterocycles. The van der Waals surface area contributed by atoms with Crippen LogP contribution in [-0.2, 0) is 9.53 Å². The average molecular weight is 407 g/mol. The summed E-state index contributed by atoms with van der Waals surface area (Å²) in [6.45, 7) is 3.11. The fourth-order valence-corrected chi connectivity index (χ4v) is 2.99. The highest BCUT2D eigenvalue weighted by atomic mass is 35.5. The van der Waals surface area contributed by atoms with Crippen LogP contribution in [0.25, 0.3) is 0 Å². The van der Waals surface area contributed by atoms with Gasteiger partial charge >= 0.3 is 0 Å². The molecule has 9 heteroatoms. The van der Waals surface area contributed by atoms with E-state index in [1.54, 1.807) is 12.3 Å². The number of ether oxygens (including phenoxy) is 1. The fraction of sp³-hybridized carbons (Fsp3) is 0.316. The van der Waals surface area contributed by atoms with Crippen molar-refractivity contribution in [3.63, 3.8) is 0 Å². The summed E-state index contributed by atoms with van der Waals surface area (Å²) in [4.78, 5) is 30.5. The van der Waals surface area contributed by atoms with Crippen molar-refractivity contribution in [2.45, 2.75) is 6.42 Å². The van der Waals surface area contributed by atoms with Crippen LogP contribution < -0.4 is 15.5 Å². The SMILES string of the molecule is O=C(CCNC(=O)c1ccc(F)cc1Cl)Nc1ccc(N2CCOCC2)cn1. The van der Waals surface area contributed by atoms with Gasteiger partial charge < -0.3 is 20.3 Å². The number of carbonyl (C=O) groups excluding carboxylic acids is 2. The molecule has 148 valence electrons. The van der Waals surface area contributed by atoms with Crippen LogP contribution >= 0.6 is 11.6 Å². The summed E-state index contributed by atoms with van der Waals surface area (Å²) in [6.07, 6.45) is 1.77. The van der Waals surface area contributed by atoms with Gasteiger partial charge in [-0.15, -0.1) is 0 Å². The Balaban J connectivity index is 1.44. The number of anilines is 2. The molecule has 3 rings (SSSR count). The first kappa shape index (κ1) is 20.0. The number of rotatable bonds is 6. The monoisotopic (exact) mass is 406 g/mol. The summed E-state index contributed by atoms with van der Waals surface area (Å²) >= 11 is 5.84. The number of hydrogen-bond donors (Lipinski definition) is 2. The van der Waals surface area contributed by atoms with E-state index in [4.69, 9.17) is 16.3 Å². The van der Waals surface area contributed by atoms with Crippen LogP contribution in [-0.4, -0.2) is 49.6 Å². The lowest BCUT2D eigenvalue weighted by molar-refractivity contribution is -0.116. The Morgan fingerprint density at radius 3 is 2.68 bits per heavy atom. The highest BCUT2D eigenvalue weighted by Crippen LogP contribution is 2.18. The highest BCUT2D eigenvalue weighted by molar-refractivity contribution is 6.33. The minimum Gasteiger partial charge on any atom is -0.378 e. The van der Waals surface area contributed by atoms with Gasteiger partial charge in [-0.25, -0.2) is 9.37 Å². The van der Waals surface area contributed by atoms with Crippen LogP contribution in [0.5, 0.6) is 0 Å². The summed E-state index contributed by atoms with van der Waals surface area (Å²) in [6, 6.07) is 7.15. The van der Waals surface area contributed by atoms with E-state index < -0.39 is 11.7 Å². The van der Waals surface area contributed by atoms with Gasteiger partial charge in [0.25, 0.3) is 5.91 Å². The maximum atomic E-state index is 13.0. The Morgan fingerprint density at radius 2 is 2.00 bits per heavy atom. The summed E-state index contributed by atoms with van der Waals surface area (Å²) in [5.41, 5.74) is 1.13. The van der Waals surface area contributed by atoms with E-state index in [9.17, 15) is 14.0 Å². The largest absolute Gasteiger partial charge is 0.378 e. The number of carbonyl (C=O) groups is 2. The third kappa shape index (κ3) is 5.40. The standard InChI is InChI=1S/C19H20ClFN4O3/c20-16-11-13(21)1-3-15(16)19(27)22-6-5-18(26)24-17-4-2-14(12-23-17)25-7-9-28-10-8-25/h1-4,11-12H,5-10H2,(H,22,27)(H,23,24,26). The number of nitrogens with one attached hydrogen (secondary N) is 2. The Hall–Kier alpha value is -2.71. The van der Waals surface area contributed by atoms with Crippen molar-refractivity contribution in [3.05, 3.63) is 52.9 Å². The molecule has 1 aliphatic heterocycles. The molecule has 1 saturated heterocycles. The van der Waals surface area contributed by atoms with Crippen molar-refractivity contribution in [3.8, 4) is 0 Å². The number of halogens is 2. The van der Waals surface area contributed by atoms with Gasteiger partial charge in [-0.3, -0.25) is 9.59 Å². The maximum absolute atomic E-state index is 13.0. The molecule has 0 spiro atoms. The molecule has 0 bridgehead atoms. The molecular weight excluding hydrogens is 387 g/mol. The molecule has 2 N–H and O–H groups in total. The molecule has 0 unspecified atom stereocenters. The van der Waals surface area contributed by atoms with Gasteiger partial charge in [0.1, 0.15) is 11.6 Å². The summed E-state index contributed by atoms with van der Waals surface area (Å²) < 4.78 is 18.3. The van der Waals surface area contributed by atoms with Gasteiger partial charge in [0.05, 0.1) is 35.7 Å². The van der Waals surface area contributed by atoms with Crippen molar-refractivity contribution >= 4 is 34.9 Å². The lowest BCUT2D eigenvalue weighted by Gasteiger charge is -2.28. The molecule has 1 aromatic carbocycles. The lowest BCUT2D eigenvalue weighted by atomic mass is 10.2. The van der Waals surface area contributed by atoms with Gasteiger partial charge in [0.15, 0.2) is 0 Å². The van der Waals surface area contributed by atoms with Gasteiger partial charge in [-0.2, -0.15) is 0 Å². The predicted octanol–water partition coefficient (Wildman–Crippen LogP) is 2.47. The summed E-state index contributed by atoms with van der Waals surface area (Å²) in [5, 5.41) is 5.29. The van der Waals surface area contributed by atoms with E-state index in [0.717, 1.165) is 30.9 Å². The fourth-order valence-electron chi connectivity index (χ4n) is 2.73. The number of morpholine rings is 1. The van der Waals surface area contributed by atoms with Crippen LogP contribution in [0, 0.1) is 5.82 Å². The molecule has 0 aliphatic carbocycles. The smallest absolute Gasteiger partial charge is 0.252 e. The lowest BCUT2D eigenvalue weighted by Crippen LogP contribution is -2.36. The zero-order valence-electron chi connectivity index (χ0n) is 15.1.